The molecule has 1 atom stereocenters. The van der Waals surface area contributed by atoms with Gasteiger partial charge in [-0.1, -0.05) is 13.0 Å². The number of aryl methyl sites for hydroxylation is 1. The fourth-order valence-corrected chi connectivity index (χ4v) is 4.30. The first-order valence-corrected chi connectivity index (χ1v) is 8.68. The van der Waals surface area contributed by atoms with Crippen LogP contribution in [-0.2, 0) is 16.4 Å². The van der Waals surface area contributed by atoms with E-state index in [0.717, 1.165) is 42.6 Å². The van der Waals surface area contributed by atoms with Crippen LogP contribution in [0.25, 0.3) is 0 Å². The second kappa shape index (κ2) is 5.74. The highest BCUT2D eigenvalue weighted by atomic mass is 32.2. The summed E-state index contributed by atoms with van der Waals surface area (Å²) in [5, 5.41) is 3.34. The third-order valence-corrected chi connectivity index (χ3v) is 6.31. The Balaban J connectivity index is 2.53. The van der Waals surface area contributed by atoms with E-state index in [1.54, 1.807) is 13.1 Å². The lowest BCUT2D eigenvalue weighted by Crippen LogP contribution is -2.35. The average molecular weight is 296 g/mol. The molecule has 0 saturated heterocycles. The van der Waals surface area contributed by atoms with Gasteiger partial charge >= 0.3 is 0 Å². The molecule has 2 rings (SSSR count). The summed E-state index contributed by atoms with van der Waals surface area (Å²) >= 11 is 0. The summed E-state index contributed by atoms with van der Waals surface area (Å²) in [5.41, 5.74) is 3.08. The van der Waals surface area contributed by atoms with Crippen LogP contribution in [0.5, 0.6) is 0 Å². The predicted molar refractivity (Wildman–Crippen MR) is 82.7 cm³/mol. The standard InChI is InChI=1S/C15H24N2O2S/c1-5-12(3)17(4)20(18,19)14-9-8-11(2)15-13(14)7-6-10-16-15/h8-9,12,16H,5-7,10H2,1-4H3. The average Bonchev–Trinajstić information content (AvgIpc) is 2.46. The summed E-state index contributed by atoms with van der Waals surface area (Å²) in [6.07, 6.45) is 2.61. The van der Waals surface area contributed by atoms with Crippen molar-refractivity contribution in [3.05, 3.63) is 23.3 Å². The molecule has 0 radical (unpaired) electrons. The number of fused-ring (bicyclic) bond motifs is 1. The van der Waals surface area contributed by atoms with E-state index in [4.69, 9.17) is 0 Å². The lowest BCUT2D eigenvalue weighted by Gasteiger charge is -2.27. The van der Waals surface area contributed by atoms with Gasteiger partial charge in [0.05, 0.1) is 4.90 Å². The van der Waals surface area contributed by atoms with Crippen molar-refractivity contribution in [1.82, 2.24) is 4.31 Å². The molecule has 20 heavy (non-hydrogen) atoms. The van der Waals surface area contributed by atoms with Gasteiger partial charge in [0.25, 0.3) is 0 Å². The zero-order chi connectivity index (χ0) is 14.9. The zero-order valence-corrected chi connectivity index (χ0v) is 13.5. The SMILES string of the molecule is CCC(C)N(C)S(=O)(=O)c1ccc(C)c2c1CCCN2. The Kier molecular flexibility index (Phi) is 4.39. The largest absolute Gasteiger partial charge is 0.385 e. The predicted octanol–water partition coefficient (Wildman–Crippen LogP) is 2.77. The van der Waals surface area contributed by atoms with Crippen LogP contribution in [0.4, 0.5) is 5.69 Å². The fourth-order valence-electron chi connectivity index (χ4n) is 2.61. The maximum atomic E-state index is 12.8. The minimum atomic E-state index is -3.42. The van der Waals surface area contributed by atoms with Crippen molar-refractivity contribution in [2.75, 3.05) is 18.9 Å². The van der Waals surface area contributed by atoms with Crippen molar-refractivity contribution >= 4 is 15.7 Å². The fraction of sp³-hybridized carbons (Fsp3) is 0.600. The Morgan fingerprint density at radius 2 is 2.10 bits per heavy atom. The van der Waals surface area contributed by atoms with Crippen molar-refractivity contribution in [2.45, 2.75) is 51.0 Å². The molecule has 1 unspecified atom stereocenters. The van der Waals surface area contributed by atoms with Gasteiger partial charge in [0.15, 0.2) is 0 Å². The second-order valence-corrected chi connectivity index (χ2v) is 7.51. The molecule has 5 heteroatoms. The van der Waals surface area contributed by atoms with Crippen LogP contribution in [0.1, 0.15) is 37.8 Å². The third kappa shape index (κ3) is 2.56. The van der Waals surface area contributed by atoms with Crippen molar-refractivity contribution in [2.24, 2.45) is 0 Å². The molecule has 1 heterocycles. The van der Waals surface area contributed by atoms with E-state index in [1.165, 1.54) is 4.31 Å². The smallest absolute Gasteiger partial charge is 0.243 e. The van der Waals surface area contributed by atoms with Gasteiger partial charge in [-0.05, 0) is 50.3 Å². The van der Waals surface area contributed by atoms with E-state index < -0.39 is 10.0 Å². The van der Waals surface area contributed by atoms with Gasteiger partial charge in [-0.2, -0.15) is 4.31 Å². The monoisotopic (exact) mass is 296 g/mol. The van der Waals surface area contributed by atoms with E-state index in [1.807, 2.05) is 26.8 Å². The summed E-state index contributed by atoms with van der Waals surface area (Å²) < 4.78 is 27.1. The molecule has 1 N–H and O–H groups in total. The molecule has 4 nitrogen and oxygen atoms in total. The number of hydrogen-bond acceptors (Lipinski definition) is 3. The number of nitrogens with one attached hydrogen (secondary N) is 1. The highest BCUT2D eigenvalue weighted by Gasteiger charge is 2.29. The summed E-state index contributed by atoms with van der Waals surface area (Å²) in [6, 6.07) is 3.66. The molecular formula is C15H24N2O2S. The second-order valence-electron chi connectivity index (χ2n) is 5.54. The van der Waals surface area contributed by atoms with Gasteiger partial charge in [-0.25, -0.2) is 8.42 Å². The zero-order valence-electron chi connectivity index (χ0n) is 12.7. The first kappa shape index (κ1) is 15.3. The normalized spacial score (nSPS) is 16.6. The quantitative estimate of drug-likeness (QED) is 0.929. The molecule has 112 valence electrons. The van der Waals surface area contributed by atoms with Crippen molar-refractivity contribution < 1.29 is 8.42 Å². The van der Waals surface area contributed by atoms with Gasteiger partial charge in [0.2, 0.25) is 10.0 Å². The van der Waals surface area contributed by atoms with E-state index >= 15 is 0 Å². The molecule has 1 aromatic rings. The summed E-state index contributed by atoms with van der Waals surface area (Å²) in [4.78, 5) is 0.466. The summed E-state index contributed by atoms with van der Waals surface area (Å²) in [6.45, 7) is 6.88. The van der Waals surface area contributed by atoms with Crippen LogP contribution in [0.2, 0.25) is 0 Å². The number of nitrogens with zero attached hydrogens (tertiary/aromatic N) is 1. The highest BCUT2D eigenvalue weighted by molar-refractivity contribution is 7.89. The molecule has 1 aromatic carbocycles. The third-order valence-electron chi connectivity index (χ3n) is 4.25. The van der Waals surface area contributed by atoms with Crippen molar-refractivity contribution in [3.8, 4) is 0 Å². The Morgan fingerprint density at radius 3 is 2.75 bits per heavy atom. The number of anilines is 1. The topological polar surface area (TPSA) is 49.4 Å². The maximum absolute atomic E-state index is 12.8. The van der Waals surface area contributed by atoms with Gasteiger partial charge in [-0.3, -0.25) is 0 Å². The molecule has 0 aromatic heterocycles. The molecule has 1 aliphatic heterocycles. The van der Waals surface area contributed by atoms with Crippen molar-refractivity contribution in [1.29, 1.82) is 0 Å². The van der Waals surface area contributed by atoms with Crippen LogP contribution in [0.15, 0.2) is 17.0 Å². The van der Waals surface area contributed by atoms with Gasteiger partial charge in [0.1, 0.15) is 0 Å². The molecule has 0 aliphatic carbocycles. The molecule has 0 bridgehead atoms. The van der Waals surface area contributed by atoms with E-state index in [-0.39, 0.29) is 6.04 Å². The van der Waals surface area contributed by atoms with Crippen LogP contribution in [-0.4, -0.2) is 32.4 Å². The minimum Gasteiger partial charge on any atom is -0.385 e. The van der Waals surface area contributed by atoms with Crippen LogP contribution < -0.4 is 5.32 Å². The lowest BCUT2D eigenvalue weighted by atomic mass is 10.00. The molecule has 0 saturated carbocycles. The van der Waals surface area contributed by atoms with E-state index in [9.17, 15) is 8.42 Å². The lowest BCUT2D eigenvalue weighted by molar-refractivity contribution is 0.380. The highest BCUT2D eigenvalue weighted by Crippen LogP contribution is 2.33. The van der Waals surface area contributed by atoms with Crippen LogP contribution in [0, 0.1) is 6.92 Å². The van der Waals surface area contributed by atoms with Gasteiger partial charge < -0.3 is 5.32 Å². The Bertz CT molecular complexity index is 596. The number of hydrogen-bond donors (Lipinski definition) is 1. The summed E-state index contributed by atoms with van der Waals surface area (Å²) in [5.74, 6) is 0. The molecular weight excluding hydrogens is 272 g/mol. The van der Waals surface area contributed by atoms with Crippen LogP contribution in [0.3, 0.4) is 0 Å². The Hall–Kier alpha value is -1.07. The van der Waals surface area contributed by atoms with Crippen molar-refractivity contribution in [3.63, 3.8) is 0 Å². The van der Waals surface area contributed by atoms with Gasteiger partial charge in [0, 0.05) is 25.3 Å². The number of rotatable bonds is 4. The van der Waals surface area contributed by atoms with Gasteiger partial charge in [-0.15, -0.1) is 0 Å². The molecule has 0 spiro atoms. The Labute approximate surface area is 122 Å². The first-order valence-electron chi connectivity index (χ1n) is 7.24. The summed E-state index contributed by atoms with van der Waals surface area (Å²) in [7, 11) is -1.74. The molecule has 1 aliphatic rings. The van der Waals surface area contributed by atoms with E-state index in [0.29, 0.717) is 4.90 Å². The Morgan fingerprint density at radius 1 is 1.40 bits per heavy atom. The van der Waals surface area contributed by atoms with E-state index in [2.05, 4.69) is 5.32 Å². The molecule has 0 amide bonds. The van der Waals surface area contributed by atoms with Crippen LogP contribution >= 0.6 is 0 Å². The number of sulfonamides is 1. The first-order chi connectivity index (χ1) is 9.39. The minimum absolute atomic E-state index is 0.00787. The molecule has 0 fully saturated rings. The number of benzene rings is 1. The maximum Gasteiger partial charge on any atom is 0.243 e.